The van der Waals surface area contributed by atoms with Gasteiger partial charge < -0.3 is 23.8 Å². The lowest BCUT2D eigenvalue weighted by Crippen LogP contribution is -2.29. The Hall–Kier alpha value is -2.99. The summed E-state index contributed by atoms with van der Waals surface area (Å²) in [6, 6.07) is 0. The minimum atomic E-state index is -0.316. The minimum absolute atomic E-state index is 0.186. The van der Waals surface area contributed by atoms with Gasteiger partial charge in [-0.2, -0.15) is 5.10 Å². The van der Waals surface area contributed by atoms with Crippen LogP contribution in [0.3, 0.4) is 0 Å². The molecular formula is C28H48N4O8. The Morgan fingerprint density at radius 1 is 0.725 bits per heavy atom. The zero-order valence-corrected chi connectivity index (χ0v) is 24.7. The van der Waals surface area contributed by atoms with Crippen molar-refractivity contribution >= 4 is 23.9 Å². The number of hydrogen-bond acceptors (Lipinski definition) is 11. The van der Waals surface area contributed by atoms with E-state index in [-0.39, 0.29) is 49.9 Å². The van der Waals surface area contributed by atoms with Crippen molar-refractivity contribution in [3.63, 3.8) is 0 Å². The molecule has 0 aliphatic carbocycles. The van der Waals surface area contributed by atoms with Crippen molar-refractivity contribution < 1.29 is 38.1 Å². The van der Waals surface area contributed by atoms with E-state index in [1.165, 1.54) is 0 Å². The van der Waals surface area contributed by atoms with Crippen LogP contribution in [0.2, 0.25) is 0 Å². The van der Waals surface area contributed by atoms with Crippen LogP contribution < -0.4 is 0 Å². The molecule has 0 aliphatic rings. The molecule has 228 valence electrons. The van der Waals surface area contributed by atoms with Crippen LogP contribution in [0.5, 0.6) is 0 Å². The molecule has 0 spiro atoms. The lowest BCUT2D eigenvalue weighted by atomic mass is 10.2. The van der Waals surface area contributed by atoms with Crippen molar-refractivity contribution in [2.24, 2.45) is 0 Å². The minimum Gasteiger partial charge on any atom is -0.466 e. The standard InChI is InChI=1S/C28H48N4O8/c1-5-25(33)37-17-7-9-19-39-27(35)11-13-31(22-24-21-29-32(23-24)16-15-30(3)4)14-12-28(36)40-20-10-8-18-38-26(34)6-2/h21,23H,5-20,22H2,1-4H3. The highest BCUT2D eigenvalue weighted by Crippen LogP contribution is 2.08. The molecule has 12 heteroatoms. The van der Waals surface area contributed by atoms with Gasteiger partial charge >= 0.3 is 23.9 Å². The first-order chi connectivity index (χ1) is 19.2. The molecule has 0 bridgehead atoms. The number of likely N-dealkylation sites (N-methyl/N-ethyl adjacent to an activating group) is 1. The van der Waals surface area contributed by atoms with Gasteiger partial charge in [-0.1, -0.05) is 13.8 Å². The molecule has 0 saturated carbocycles. The summed E-state index contributed by atoms with van der Waals surface area (Å²) in [5, 5.41) is 4.41. The molecule has 0 amide bonds. The van der Waals surface area contributed by atoms with E-state index in [0.29, 0.717) is 71.4 Å². The summed E-state index contributed by atoms with van der Waals surface area (Å²) in [7, 11) is 4.01. The summed E-state index contributed by atoms with van der Waals surface area (Å²) in [6.45, 7) is 7.68. The van der Waals surface area contributed by atoms with E-state index in [0.717, 1.165) is 18.7 Å². The van der Waals surface area contributed by atoms with Gasteiger partial charge in [-0.3, -0.25) is 28.8 Å². The molecule has 1 aromatic heterocycles. The molecule has 1 rings (SSSR count). The van der Waals surface area contributed by atoms with E-state index >= 15 is 0 Å². The number of rotatable bonds is 23. The second-order valence-corrected chi connectivity index (χ2v) is 9.69. The van der Waals surface area contributed by atoms with Crippen molar-refractivity contribution in [3.8, 4) is 0 Å². The zero-order valence-electron chi connectivity index (χ0n) is 24.7. The van der Waals surface area contributed by atoms with Crippen LogP contribution in [0.15, 0.2) is 12.4 Å². The first-order valence-corrected chi connectivity index (χ1v) is 14.2. The first kappa shape index (κ1) is 35.0. The fourth-order valence-corrected chi connectivity index (χ4v) is 3.44. The molecular weight excluding hydrogens is 520 g/mol. The van der Waals surface area contributed by atoms with Gasteiger partial charge in [-0.05, 0) is 39.8 Å². The second-order valence-electron chi connectivity index (χ2n) is 9.69. The van der Waals surface area contributed by atoms with Crippen molar-refractivity contribution in [1.29, 1.82) is 0 Å². The third kappa shape index (κ3) is 18.3. The number of nitrogens with zero attached hydrogens (tertiary/aromatic N) is 4. The van der Waals surface area contributed by atoms with Crippen molar-refractivity contribution in [2.75, 3.05) is 60.2 Å². The van der Waals surface area contributed by atoms with Crippen molar-refractivity contribution in [2.45, 2.75) is 78.3 Å². The lowest BCUT2D eigenvalue weighted by molar-refractivity contribution is -0.146. The Morgan fingerprint density at radius 2 is 1.18 bits per heavy atom. The smallest absolute Gasteiger partial charge is 0.307 e. The number of aromatic nitrogens is 2. The van der Waals surface area contributed by atoms with E-state index in [1.54, 1.807) is 20.0 Å². The van der Waals surface area contributed by atoms with Crippen LogP contribution in [0, 0.1) is 0 Å². The average molecular weight is 569 g/mol. The van der Waals surface area contributed by atoms with Crippen LogP contribution in [-0.2, 0) is 51.2 Å². The van der Waals surface area contributed by atoms with Crippen LogP contribution in [-0.4, -0.2) is 104 Å². The second kappa shape index (κ2) is 21.8. The highest BCUT2D eigenvalue weighted by Gasteiger charge is 2.14. The maximum Gasteiger partial charge on any atom is 0.307 e. The molecule has 1 heterocycles. The number of ether oxygens (including phenoxy) is 4. The molecule has 0 atom stereocenters. The molecule has 40 heavy (non-hydrogen) atoms. The van der Waals surface area contributed by atoms with E-state index in [4.69, 9.17) is 18.9 Å². The van der Waals surface area contributed by atoms with Gasteiger partial charge in [-0.25, -0.2) is 0 Å². The largest absolute Gasteiger partial charge is 0.466 e. The number of esters is 4. The van der Waals surface area contributed by atoms with Gasteiger partial charge in [0.05, 0.1) is 52.0 Å². The van der Waals surface area contributed by atoms with Crippen LogP contribution >= 0.6 is 0 Å². The van der Waals surface area contributed by atoms with Crippen LogP contribution in [0.4, 0.5) is 0 Å². The average Bonchev–Trinajstić information content (AvgIpc) is 3.39. The SMILES string of the molecule is CCC(=O)OCCCCOC(=O)CCN(CCC(=O)OCCCCOC(=O)CC)Cc1cnn(CCN(C)C)c1. The summed E-state index contributed by atoms with van der Waals surface area (Å²) in [4.78, 5) is 51.0. The monoisotopic (exact) mass is 568 g/mol. The summed E-state index contributed by atoms with van der Waals surface area (Å²) >= 11 is 0. The van der Waals surface area contributed by atoms with Gasteiger partial charge in [0.1, 0.15) is 0 Å². The predicted molar refractivity (Wildman–Crippen MR) is 148 cm³/mol. The molecule has 0 N–H and O–H groups in total. The highest BCUT2D eigenvalue weighted by atomic mass is 16.5. The fraction of sp³-hybridized carbons (Fsp3) is 0.750. The molecule has 0 aromatic carbocycles. The lowest BCUT2D eigenvalue weighted by Gasteiger charge is -2.21. The van der Waals surface area contributed by atoms with Crippen LogP contribution in [0.1, 0.15) is 70.8 Å². The van der Waals surface area contributed by atoms with E-state index in [2.05, 4.69) is 10.00 Å². The Kier molecular flexibility index (Phi) is 19.1. The van der Waals surface area contributed by atoms with Gasteiger partial charge in [-0.15, -0.1) is 0 Å². The first-order valence-electron chi connectivity index (χ1n) is 14.2. The van der Waals surface area contributed by atoms with Gasteiger partial charge in [0.25, 0.3) is 0 Å². The molecule has 0 radical (unpaired) electrons. The Balaban J connectivity index is 2.46. The summed E-state index contributed by atoms with van der Waals surface area (Å²) in [6.07, 6.45) is 7.34. The van der Waals surface area contributed by atoms with Gasteiger partial charge in [0.15, 0.2) is 0 Å². The van der Waals surface area contributed by atoms with Crippen LogP contribution in [0.25, 0.3) is 0 Å². The molecule has 0 fully saturated rings. The zero-order chi connectivity index (χ0) is 29.6. The third-order valence-corrected chi connectivity index (χ3v) is 5.84. The van der Waals surface area contributed by atoms with Gasteiger partial charge in [0, 0.05) is 50.8 Å². The summed E-state index contributed by atoms with van der Waals surface area (Å²) in [5.41, 5.74) is 0.990. The van der Waals surface area contributed by atoms with Crippen molar-refractivity contribution in [1.82, 2.24) is 19.6 Å². The maximum absolute atomic E-state index is 12.3. The van der Waals surface area contributed by atoms with Crippen molar-refractivity contribution in [3.05, 3.63) is 18.0 Å². The normalized spacial score (nSPS) is 11.1. The Bertz CT molecular complexity index is 830. The number of carbonyl (C=O) groups excluding carboxylic acids is 4. The number of unbranched alkanes of at least 4 members (excludes halogenated alkanes) is 2. The highest BCUT2D eigenvalue weighted by molar-refractivity contribution is 5.70. The third-order valence-electron chi connectivity index (χ3n) is 5.84. The Morgan fingerprint density at radius 3 is 1.60 bits per heavy atom. The Labute approximate surface area is 238 Å². The molecule has 0 unspecified atom stereocenters. The quantitative estimate of drug-likeness (QED) is 0.110. The maximum atomic E-state index is 12.3. The van der Waals surface area contributed by atoms with E-state index in [1.807, 2.05) is 29.9 Å². The van der Waals surface area contributed by atoms with Gasteiger partial charge in [0.2, 0.25) is 0 Å². The molecule has 1 aromatic rings. The fourth-order valence-electron chi connectivity index (χ4n) is 3.44. The molecule has 12 nitrogen and oxygen atoms in total. The predicted octanol–water partition coefficient (Wildman–Crippen LogP) is 2.58. The topological polar surface area (TPSA) is 130 Å². The van der Waals surface area contributed by atoms with E-state index < -0.39 is 0 Å². The summed E-state index contributed by atoms with van der Waals surface area (Å²) < 4.78 is 22.5. The molecule has 0 aliphatic heterocycles. The molecule has 0 saturated heterocycles. The van der Waals surface area contributed by atoms with E-state index in [9.17, 15) is 19.2 Å². The number of hydrogen-bond donors (Lipinski definition) is 0. The number of carbonyl (C=O) groups is 4. The summed E-state index contributed by atoms with van der Waals surface area (Å²) in [5.74, 6) is -1.11.